The van der Waals surface area contributed by atoms with Crippen LogP contribution in [0.2, 0.25) is 0 Å². The molecular weight excluding hydrogens is 311 g/mol. The molecule has 3 aromatic rings. The highest BCUT2D eigenvalue weighted by Gasteiger charge is 2.27. The molecule has 3 N–H and O–H groups in total. The monoisotopic (exact) mass is 330 g/mol. The maximum Gasteiger partial charge on any atom is 0.250 e. The zero-order chi connectivity index (χ0) is 17.4. The van der Waals surface area contributed by atoms with Gasteiger partial charge in [0.05, 0.1) is 19.1 Å². The van der Waals surface area contributed by atoms with Crippen LogP contribution in [0.25, 0.3) is 16.6 Å². The van der Waals surface area contributed by atoms with Gasteiger partial charge < -0.3 is 11.1 Å². The summed E-state index contributed by atoms with van der Waals surface area (Å²) in [7, 11) is 6.55. The molecule has 1 saturated heterocycles. The van der Waals surface area contributed by atoms with Crippen LogP contribution in [0.3, 0.4) is 0 Å². The molecule has 2 aromatic carbocycles. The van der Waals surface area contributed by atoms with Crippen molar-refractivity contribution < 1.29 is 4.79 Å². The van der Waals surface area contributed by atoms with Gasteiger partial charge in [-0.15, -0.1) is 0 Å². The standard InChI is InChI=1S/C19H19BN4O/c20-19(9-2-10-22-12-19)14-5-7-15(8-6-14)24-11-13-3-1-4-16(18(21)25)17(13)23-24/h1,3-8,11,22H,2,9-10,12H2,(H2,21,25). The van der Waals surface area contributed by atoms with Crippen molar-refractivity contribution in [2.75, 3.05) is 13.1 Å². The number of carbonyl (C=O) groups is 1. The van der Waals surface area contributed by atoms with E-state index in [1.165, 1.54) is 0 Å². The van der Waals surface area contributed by atoms with Crippen LogP contribution in [0.1, 0.15) is 28.8 Å². The molecule has 0 aliphatic carbocycles. The number of primary amides is 1. The van der Waals surface area contributed by atoms with Crippen molar-refractivity contribution in [1.82, 2.24) is 15.1 Å². The summed E-state index contributed by atoms with van der Waals surface area (Å²) in [5.74, 6) is -0.471. The van der Waals surface area contributed by atoms with Gasteiger partial charge in [-0.05, 0) is 55.0 Å². The summed E-state index contributed by atoms with van der Waals surface area (Å²) in [6.45, 7) is 1.82. The molecule has 1 fully saturated rings. The first kappa shape index (κ1) is 15.9. The summed E-state index contributed by atoms with van der Waals surface area (Å²) in [6, 6.07) is 13.6. The van der Waals surface area contributed by atoms with Gasteiger partial charge in [0.15, 0.2) is 0 Å². The van der Waals surface area contributed by atoms with Crippen LogP contribution in [0.5, 0.6) is 0 Å². The number of nitrogens with zero attached hydrogens (tertiary/aromatic N) is 2. The van der Waals surface area contributed by atoms with Crippen LogP contribution < -0.4 is 11.1 Å². The molecule has 124 valence electrons. The molecule has 2 radical (unpaired) electrons. The Labute approximate surface area is 147 Å². The van der Waals surface area contributed by atoms with Crippen LogP contribution in [0.4, 0.5) is 0 Å². The SMILES string of the molecule is [B]C1(c2ccc(-n3cc4cccc(C(N)=O)c4n3)cc2)CCCNC1. The number of fused-ring (bicyclic) bond motifs is 1. The van der Waals surface area contributed by atoms with E-state index in [0.717, 1.165) is 42.6 Å². The molecule has 1 atom stereocenters. The highest BCUT2D eigenvalue weighted by atomic mass is 16.1. The molecule has 5 nitrogen and oxygen atoms in total. The Morgan fingerprint density at radius 1 is 1.24 bits per heavy atom. The summed E-state index contributed by atoms with van der Waals surface area (Å²) >= 11 is 0. The molecule has 0 spiro atoms. The first-order valence-electron chi connectivity index (χ1n) is 8.46. The lowest BCUT2D eigenvalue weighted by Gasteiger charge is -2.35. The third-order valence-electron chi connectivity index (χ3n) is 4.93. The molecule has 1 aliphatic rings. The van der Waals surface area contributed by atoms with E-state index >= 15 is 0 Å². The molecule has 0 bridgehead atoms. The molecule has 1 aromatic heterocycles. The van der Waals surface area contributed by atoms with Crippen molar-refractivity contribution in [1.29, 1.82) is 0 Å². The number of hydrogen-bond acceptors (Lipinski definition) is 3. The van der Waals surface area contributed by atoms with Crippen LogP contribution in [0.15, 0.2) is 48.7 Å². The number of amides is 1. The first-order valence-corrected chi connectivity index (χ1v) is 8.46. The Kier molecular flexibility index (Phi) is 3.84. The van der Waals surface area contributed by atoms with E-state index in [2.05, 4.69) is 22.5 Å². The minimum absolute atomic E-state index is 0.315. The van der Waals surface area contributed by atoms with E-state index in [1.54, 1.807) is 10.7 Å². The average Bonchev–Trinajstić information content (AvgIpc) is 3.06. The normalized spacial score (nSPS) is 20.6. The quantitative estimate of drug-likeness (QED) is 0.720. The smallest absolute Gasteiger partial charge is 0.250 e. The van der Waals surface area contributed by atoms with Crippen molar-refractivity contribution in [2.45, 2.75) is 18.2 Å². The Morgan fingerprint density at radius 2 is 2.04 bits per heavy atom. The third kappa shape index (κ3) is 2.83. The minimum atomic E-state index is -0.471. The summed E-state index contributed by atoms with van der Waals surface area (Å²) in [6.07, 6.45) is 3.96. The van der Waals surface area contributed by atoms with Gasteiger partial charge in [-0.25, -0.2) is 4.68 Å². The maximum absolute atomic E-state index is 11.6. The third-order valence-corrected chi connectivity index (χ3v) is 4.93. The van der Waals surface area contributed by atoms with E-state index in [4.69, 9.17) is 13.6 Å². The summed E-state index contributed by atoms with van der Waals surface area (Å²) < 4.78 is 1.77. The van der Waals surface area contributed by atoms with Gasteiger partial charge in [0, 0.05) is 11.6 Å². The summed E-state index contributed by atoms with van der Waals surface area (Å²) in [5, 5.41) is 8.47. The molecule has 0 saturated carbocycles. The summed E-state index contributed by atoms with van der Waals surface area (Å²) in [4.78, 5) is 11.6. The number of nitrogens with two attached hydrogens (primary N) is 1. The highest BCUT2D eigenvalue weighted by molar-refractivity contribution is 6.16. The van der Waals surface area contributed by atoms with Gasteiger partial charge >= 0.3 is 0 Å². The number of carbonyl (C=O) groups excluding carboxylic acids is 1. The zero-order valence-corrected chi connectivity index (χ0v) is 13.9. The lowest BCUT2D eigenvalue weighted by atomic mass is 9.60. The number of aromatic nitrogens is 2. The Hall–Kier alpha value is -2.60. The zero-order valence-electron chi connectivity index (χ0n) is 13.9. The molecule has 6 heteroatoms. The van der Waals surface area contributed by atoms with Crippen LogP contribution in [-0.2, 0) is 5.31 Å². The number of rotatable bonds is 3. The second-order valence-electron chi connectivity index (χ2n) is 6.66. The lowest BCUT2D eigenvalue weighted by molar-refractivity contribution is 0.100. The van der Waals surface area contributed by atoms with Crippen molar-refractivity contribution >= 4 is 24.7 Å². The number of piperidine rings is 1. The highest BCUT2D eigenvalue weighted by Crippen LogP contribution is 2.28. The van der Waals surface area contributed by atoms with E-state index in [-0.39, 0.29) is 5.31 Å². The number of benzene rings is 2. The van der Waals surface area contributed by atoms with Crippen molar-refractivity contribution in [3.63, 3.8) is 0 Å². The van der Waals surface area contributed by atoms with Crippen LogP contribution >= 0.6 is 0 Å². The van der Waals surface area contributed by atoms with Gasteiger partial charge in [-0.1, -0.05) is 24.3 Å². The van der Waals surface area contributed by atoms with E-state index in [9.17, 15) is 4.79 Å². The predicted octanol–water partition coefficient (Wildman–Crippen LogP) is 1.87. The van der Waals surface area contributed by atoms with Gasteiger partial charge in [0.1, 0.15) is 5.52 Å². The fourth-order valence-electron chi connectivity index (χ4n) is 3.50. The summed E-state index contributed by atoms with van der Waals surface area (Å²) in [5.41, 5.74) is 8.53. The Morgan fingerprint density at radius 3 is 2.72 bits per heavy atom. The van der Waals surface area contributed by atoms with Crippen molar-refractivity contribution in [2.24, 2.45) is 5.73 Å². The Bertz CT molecular complexity index is 926. The minimum Gasteiger partial charge on any atom is -0.366 e. The lowest BCUT2D eigenvalue weighted by Crippen LogP contribution is -2.43. The van der Waals surface area contributed by atoms with E-state index in [0.29, 0.717) is 11.1 Å². The van der Waals surface area contributed by atoms with Gasteiger partial charge in [-0.2, -0.15) is 5.10 Å². The van der Waals surface area contributed by atoms with Gasteiger partial charge in [0.25, 0.3) is 5.91 Å². The molecular formula is C19H19BN4O. The van der Waals surface area contributed by atoms with Crippen molar-refractivity contribution in [3.05, 3.63) is 59.8 Å². The molecule has 4 rings (SSSR count). The molecule has 25 heavy (non-hydrogen) atoms. The van der Waals surface area contributed by atoms with E-state index in [1.807, 2.05) is 30.5 Å². The fraction of sp³-hybridized carbons (Fsp3) is 0.263. The van der Waals surface area contributed by atoms with Gasteiger partial charge in [0.2, 0.25) is 0 Å². The number of nitrogens with one attached hydrogen (secondary N) is 1. The largest absolute Gasteiger partial charge is 0.366 e. The van der Waals surface area contributed by atoms with E-state index < -0.39 is 5.91 Å². The molecule has 1 aliphatic heterocycles. The second kappa shape index (κ2) is 6.04. The topological polar surface area (TPSA) is 72.9 Å². The fourth-order valence-corrected chi connectivity index (χ4v) is 3.50. The van der Waals surface area contributed by atoms with Crippen LogP contribution in [0, 0.1) is 0 Å². The maximum atomic E-state index is 11.6. The number of hydrogen-bond donors (Lipinski definition) is 2. The van der Waals surface area contributed by atoms with Crippen LogP contribution in [-0.4, -0.2) is 36.6 Å². The average molecular weight is 330 g/mol. The van der Waals surface area contributed by atoms with Crippen molar-refractivity contribution in [3.8, 4) is 5.69 Å². The first-order chi connectivity index (χ1) is 12.1. The molecule has 2 heterocycles. The molecule has 1 amide bonds. The second-order valence-corrected chi connectivity index (χ2v) is 6.66. The Balaban J connectivity index is 1.69. The molecule has 1 unspecified atom stereocenters. The predicted molar refractivity (Wildman–Crippen MR) is 99.1 cm³/mol. The van der Waals surface area contributed by atoms with Gasteiger partial charge in [-0.3, -0.25) is 4.79 Å².